The van der Waals surface area contributed by atoms with Crippen LogP contribution in [0.1, 0.15) is 29.7 Å². The summed E-state index contributed by atoms with van der Waals surface area (Å²) in [5, 5.41) is 20.6. The van der Waals surface area contributed by atoms with E-state index in [-0.39, 0.29) is 23.7 Å². The molecule has 1 fully saturated rings. The van der Waals surface area contributed by atoms with Crippen LogP contribution in [0.4, 0.5) is 5.69 Å². The summed E-state index contributed by atoms with van der Waals surface area (Å²) in [6.07, 6.45) is 0.580. The third-order valence-electron chi connectivity index (χ3n) is 7.08. The van der Waals surface area contributed by atoms with E-state index in [1.165, 1.54) is 54.1 Å². The van der Waals surface area contributed by atoms with Crippen LogP contribution in [0, 0.1) is 10.1 Å². The average molecular weight is 602 g/mol. The molecule has 0 aliphatic carbocycles. The van der Waals surface area contributed by atoms with Gasteiger partial charge in [0.15, 0.2) is 11.6 Å². The van der Waals surface area contributed by atoms with Gasteiger partial charge in [0.25, 0.3) is 11.6 Å². The molecule has 2 atom stereocenters. The van der Waals surface area contributed by atoms with Gasteiger partial charge in [0.05, 0.1) is 11.5 Å². The predicted octanol–water partition coefficient (Wildman–Crippen LogP) is 3.81. The highest BCUT2D eigenvalue weighted by Crippen LogP contribution is 2.48. The number of nitrogens with zero attached hydrogens (tertiary/aromatic N) is 3. The van der Waals surface area contributed by atoms with Crippen molar-refractivity contribution in [2.75, 3.05) is 19.0 Å². The highest BCUT2D eigenvalue weighted by Gasteiger charge is 2.65. The van der Waals surface area contributed by atoms with Crippen LogP contribution in [0.3, 0.4) is 0 Å². The van der Waals surface area contributed by atoms with Crippen molar-refractivity contribution in [3.8, 4) is 0 Å². The van der Waals surface area contributed by atoms with Crippen molar-refractivity contribution in [3.63, 3.8) is 0 Å². The Balaban J connectivity index is 1.47. The number of non-ortho nitro benzene ring substituents is 1. The first kappa shape index (κ1) is 29.7. The fraction of sp³-hybridized carbons (Fsp3) is 0.226. The van der Waals surface area contributed by atoms with E-state index >= 15 is 0 Å². The van der Waals surface area contributed by atoms with Crippen molar-refractivity contribution in [3.05, 3.63) is 123 Å². The molecule has 3 aromatic rings. The molecule has 0 aromatic heterocycles. The second-order valence-electron chi connectivity index (χ2n) is 9.87. The first-order valence-electron chi connectivity index (χ1n) is 13.3. The van der Waals surface area contributed by atoms with Gasteiger partial charge in [-0.15, -0.1) is 11.8 Å². The summed E-state index contributed by atoms with van der Waals surface area (Å²) in [7, 11) is 0. The van der Waals surface area contributed by atoms with Gasteiger partial charge in [-0.1, -0.05) is 60.7 Å². The Morgan fingerprint density at radius 3 is 2.23 bits per heavy atom. The van der Waals surface area contributed by atoms with Crippen molar-refractivity contribution < 1.29 is 33.9 Å². The molecule has 2 aliphatic rings. The monoisotopic (exact) mass is 601 g/mol. The van der Waals surface area contributed by atoms with Gasteiger partial charge in [-0.2, -0.15) is 0 Å². The quantitative estimate of drug-likeness (QED) is 0.120. The maximum Gasteiger partial charge on any atom is 0.356 e. The molecule has 11 nitrogen and oxygen atoms in total. The maximum absolute atomic E-state index is 13.9. The zero-order valence-corrected chi connectivity index (χ0v) is 23.8. The molecule has 3 aromatic carbocycles. The fourth-order valence-electron chi connectivity index (χ4n) is 4.88. The fourth-order valence-corrected chi connectivity index (χ4v) is 6.32. The molecule has 1 N–H and O–H groups in total. The van der Waals surface area contributed by atoms with Crippen molar-refractivity contribution >= 4 is 41.5 Å². The molecule has 5 rings (SSSR count). The Morgan fingerprint density at radius 1 is 1.09 bits per heavy atom. The number of carbonyl (C=O) groups is 3. The number of esters is 2. The smallest absolute Gasteiger partial charge is 0.356 e. The van der Waals surface area contributed by atoms with E-state index in [4.69, 9.17) is 9.47 Å². The molecule has 2 heterocycles. The van der Waals surface area contributed by atoms with Crippen LogP contribution in [-0.2, 0) is 23.9 Å². The SMILES string of the molecule is CC(=O)OCC1=C(C(=O)OC(c2ccccc2)c2ccccc2)N2C(=O)C(CO)(N=Cc3ccc([N+](=O)[O-])cc3)[C@H]2SC1. The largest absolute Gasteiger partial charge is 0.461 e. The van der Waals surface area contributed by atoms with Crippen LogP contribution in [0.2, 0.25) is 0 Å². The number of carbonyl (C=O) groups excluding carboxylic acids is 3. The molecule has 0 spiro atoms. The first-order valence-corrected chi connectivity index (χ1v) is 14.3. The Bertz CT molecular complexity index is 1550. The second-order valence-corrected chi connectivity index (χ2v) is 10.9. The number of nitro benzene ring substituents is 1. The Kier molecular flexibility index (Phi) is 8.69. The van der Waals surface area contributed by atoms with Crippen LogP contribution < -0.4 is 0 Å². The van der Waals surface area contributed by atoms with Gasteiger partial charge < -0.3 is 14.6 Å². The molecular formula is C31H27N3O8S. The normalized spacial score (nSPS) is 19.7. The number of benzene rings is 3. The first-order chi connectivity index (χ1) is 20.7. The number of rotatable bonds is 10. The molecule has 0 saturated carbocycles. The minimum Gasteiger partial charge on any atom is -0.461 e. The van der Waals surface area contributed by atoms with Gasteiger partial charge in [-0.25, -0.2) is 4.79 Å². The lowest BCUT2D eigenvalue weighted by Crippen LogP contribution is -2.74. The van der Waals surface area contributed by atoms with Crippen LogP contribution >= 0.6 is 11.8 Å². The van der Waals surface area contributed by atoms with E-state index in [0.717, 1.165) is 11.1 Å². The summed E-state index contributed by atoms with van der Waals surface area (Å²) in [6, 6.07) is 23.9. The summed E-state index contributed by atoms with van der Waals surface area (Å²) in [5.41, 5.74) is 0.576. The predicted molar refractivity (Wildman–Crippen MR) is 158 cm³/mol. The van der Waals surface area contributed by atoms with Gasteiger partial charge in [-0.3, -0.25) is 29.6 Å². The molecule has 1 saturated heterocycles. The molecule has 1 unspecified atom stereocenters. The average Bonchev–Trinajstić information content (AvgIpc) is 3.03. The lowest BCUT2D eigenvalue weighted by atomic mass is 9.87. The molecule has 0 radical (unpaired) electrons. The third kappa shape index (κ3) is 5.92. The van der Waals surface area contributed by atoms with E-state index in [1.54, 1.807) is 0 Å². The number of hydrogen-bond donors (Lipinski definition) is 1. The molecule has 12 heteroatoms. The third-order valence-corrected chi connectivity index (χ3v) is 8.52. The molecule has 43 heavy (non-hydrogen) atoms. The molecule has 1 amide bonds. The molecule has 0 bridgehead atoms. The highest BCUT2D eigenvalue weighted by molar-refractivity contribution is 8.00. The van der Waals surface area contributed by atoms with Crippen LogP contribution in [-0.4, -0.2) is 68.9 Å². The van der Waals surface area contributed by atoms with Gasteiger partial charge in [0.1, 0.15) is 17.7 Å². The van der Waals surface area contributed by atoms with Crippen LogP contribution in [0.25, 0.3) is 0 Å². The summed E-state index contributed by atoms with van der Waals surface area (Å²) in [6.45, 7) is 0.390. The van der Waals surface area contributed by atoms with E-state index < -0.39 is 46.4 Å². The number of nitro groups is 1. The maximum atomic E-state index is 13.9. The minimum atomic E-state index is -1.59. The highest BCUT2D eigenvalue weighted by atomic mass is 32.2. The van der Waals surface area contributed by atoms with Crippen molar-refractivity contribution in [1.29, 1.82) is 0 Å². The zero-order chi connectivity index (χ0) is 30.6. The van der Waals surface area contributed by atoms with E-state index in [1.807, 2.05) is 60.7 Å². The summed E-state index contributed by atoms with van der Waals surface area (Å²) < 4.78 is 11.3. The van der Waals surface area contributed by atoms with Crippen LogP contribution in [0.5, 0.6) is 0 Å². The summed E-state index contributed by atoms with van der Waals surface area (Å²) in [5.74, 6) is -1.76. The molecule has 2 aliphatic heterocycles. The van der Waals surface area contributed by atoms with Gasteiger partial charge in [0.2, 0.25) is 0 Å². The number of fused-ring (bicyclic) bond motifs is 1. The summed E-state index contributed by atoms with van der Waals surface area (Å²) >= 11 is 1.27. The second kappa shape index (κ2) is 12.6. The van der Waals surface area contributed by atoms with E-state index in [9.17, 15) is 29.6 Å². The number of aliphatic hydroxyl groups excluding tert-OH is 1. The Morgan fingerprint density at radius 2 is 1.70 bits per heavy atom. The number of thioether (sulfide) groups is 1. The van der Waals surface area contributed by atoms with E-state index in [0.29, 0.717) is 11.1 Å². The van der Waals surface area contributed by atoms with Gasteiger partial charge >= 0.3 is 11.9 Å². The number of amides is 1. The standard InChI is InChI=1S/C31H27N3O8S/c1-20(36)41-17-24-18-43-30-31(19-35,32-16-21-12-14-25(15-13-21)34(39)40)29(38)33(30)26(24)28(37)42-27(22-8-4-2-5-9-22)23-10-6-3-7-11-23/h2-16,27,30,35H,17-19H2,1H3/t30-,31?/m1/s1. The van der Waals surface area contributed by atoms with Crippen molar-refractivity contribution in [2.24, 2.45) is 4.99 Å². The summed E-state index contributed by atoms with van der Waals surface area (Å²) in [4.78, 5) is 55.4. The Labute approximate surface area is 251 Å². The minimum absolute atomic E-state index is 0.0542. The number of aliphatic hydroxyl groups is 1. The lowest BCUT2D eigenvalue weighted by molar-refractivity contribution is -0.384. The molecular weight excluding hydrogens is 574 g/mol. The Hall–Kier alpha value is -4.81. The van der Waals surface area contributed by atoms with Crippen molar-refractivity contribution in [1.82, 2.24) is 4.90 Å². The molecule has 220 valence electrons. The lowest BCUT2D eigenvalue weighted by Gasteiger charge is -2.54. The van der Waals surface area contributed by atoms with E-state index in [2.05, 4.69) is 4.99 Å². The number of aliphatic imine (C=N–C) groups is 1. The van der Waals surface area contributed by atoms with Gasteiger partial charge in [-0.05, 0) is 28.8 Å². The van der Waals surface area contributed by atoms with Gasteiger partial charge in [0, 0.05) is 36.6 Å². The zero-order valence-electron chi connectivity index (χ0n) is 23.0. The number of hydrogen-bond acceptors (Lipinski definition) is 10. The number of β-lactam (4-membered cyclic amide) rings is 1. The number of ether oxygens (including phenoxy) is 2. The van der Waals surface area contributed by atoms with Crippen molar-refractivity contribution in [2.45, 2.75) is 23.9 Å². The topological polar surface area (TPSA) is 149 Å². The van der Waals surface area contributed by atoms with Crippen LogP contribution in [0.15, 0.2) is 101 Å².